The van der Waals surface area contributed by atoms with E-state index in [1.54, 1.807) is 12.1 Å². The highest BCUT2D eigenvalue weighted by molar-refractivity contribution is 7.89. The van der Waals surface area contributed by atoms with Crippen LogP contribution in [0.5, 0.6) is 0 Å². The van der Waals surface area contributed by atoms with E-state index in [0.717, 1.165) is 12.1 Å². The van der Waals surface area contributed by atoms with Gasteiger partial charge in [-0.25, -0.2) is 13.1 Å². The Morgan fingerprint density at radius 1 is 1.35 bits per heavy atom. The molecule has 0 unspecified atom stereocenters. The first-order valence-corrected chi connectivity index (χ1v) is 9.89. The number of carbonyl (C=O) groups is 1. The van der Waals surface area contributed by atoms with Gasteiger partial charge >= 0.3 is 0 Å². The Hall–Kier alpha value is -2.23. The number of hydrogen-bond acceptors (Lipinski definition) is 6. The van der Waals surface area contributed by atoms with Crippen molar-refractivity contribution in [1.82, 2.24) is 15.2 Å². The molecule has 0 aliphatic carbocycles. The monoisotopic (exact) mass is 379 g/mol. The van der Waals surface area contributed by atoms with Gasteiger partial charge in [0.2, 0.25) is 10.0 Å². The zero-order valence-corrected chi connectivity index (χ0v) is 15.2. The highest BCUT2D eigenvalue weighted by Gasteiger charge is 2.24. The van der Waals surface area contributed by atoms with Gasteiger partial charge in [0.05, 0.1) is 23.7 Å². The summed E-state index contributed by atoms with van der Waals surface area (Å²) in [6.45, 7) is 3.03. The molecule has 3 rings (SSSR count). The van der Waals surface area contributed by atoms with Crippen molar-refractivity contribution in [1.29, 1.82) is 0 Å². The van der Waals surface area contributed by atoms with Crippen molar-refractivity contribution >= 4 is 15.9 Å². The largest absolute Gasteiger partial charge is 0.380 e. The van der Waals surface area contributed by atoms with Crippen LogP contribution in [0.4, 0.5) is 0 Å². The van der Waals surface area contributed by atoms with E-state index in [0.29, 0.717) is 25.4 Å². The van der Waals surface area contributed by atoms with Crippen LogP contribution in [-0.2, 0) is 27.7 Å². The van der Waals surface area contributed by atoms with Crippen LogP contribution in [0.15, 0.2) is 39.8 Å². The second-order valence-electron chi connectivity index (χ2n) is 6.03. The molecule has 2 N–H and O–H groups in total. The van der Waals surface area contributed by atoms with Gasteiger partial charge in [-0.1, -0.05) is 18.1 Å². The number of nitrogens with zero attached hydrogens (tertiary/aromatic N) is 1. The van der Waals surface area contributed by atoms with E-state index in [9.17, 15) is 13.2 Å². The summed E-state index contributed by atoms with van der Waals surface area (Å²) in [6, 6.07) is 7.44. The van der Waals surface area contributed by atoms with Crippen LogP contribution in [0, 0.1) is 0 Å². The second-order valence-corrected chi connectivity index (χ2v) is 7.74. The van der Waals surface area contributed by atoms with Crippen molar-refractivity contribution in [3.05, 3.63) is 47.3 Å². The van der Waals surface area contributed by atoms with Crippen molar-refractivity contribution in [3.8, 4) is 0 Å². The first-order chi connectivity index (χ1) is 12.5. The predicted octanol–water partition coefficient (Wildman–Crippen LogP) is 1.23. The molecule has 0 spiro atoms. The molecule has 2 aromatic rings. The minimum absolute atomic E-state index is 0.0463. The van der Waals surface area contributed by atoms with Crippen LogP contribution in [0.25, 0.3) is 0 Å². The number of ether oxygens (including phenoxy) is 1. The zero-order chi connectivity index (χ0) is 18.6. The normalized spacial score (nSPS) is 17.3. The SMILES string of the molecule is CCc1cc(CNC(=O)c2cccc(S(=O)(=O)N[C@@H]3CCOC3)c2)on1. The molecule has 2 heterocycles. The van der Waals surface area contributed by atoms with Gasteiger partial charge < -0.3 is 14.6 Å². The lowest BCUT2D eigenvalue weighted by molar-refractivity contribution is 0.0947. The van der Waals surface area contributed by atoms with Crippen LogP contribution >= 0.6 is 0 Å². The molecule has 9 heteroatoms. The van der Waals surface area contributed by atoms with Crippen LogP contribution in [-0.4, -0.2) is 38.7 Å². The minimum atomic E-state index is -3.71. The summed E-state index contributed by atoms with van der Waals surface area (Å²) in [6.07, 6.45) is 1.38. The third-order valence-corrected chi connectivity index (χ3v) is 5.57. The van der Waals surface area contributed by atoms with Crippen molar-refractivity contribution < 1.29 is 22.5 Å². The first kappa shape index (κ1) is 18.6. The average molecular weight is 379 g/mol. The molecular formula is C17H21N3O5S. The van der Waals surface area contributed by atoms with Crippen LogP contribution in [0.1, 0.15) is 35.2 Å². The maximum Gasteiger partial charge on any atom is 0.251 e. The molecule has 0 saturated carbocycles. The van der Waals surface area contributed by atoms with E-state index in [1.807, 2.05) is 6.92 Å². The fourth-order valence-corrected chi connectivity index (χ4v) is 3.90. The Morgan fingerprint density at radius 2 is 2.19 bits per heavy atom. The Kier molecular flexibility index (Phi) is 5.70. The van der Waals surface area contributed by atoms with Gasteiger partial charge in [-0.15, -0.1) is 0 Å². The van der Waals surface area contributed by atoms with Crippen molar-refractivity contribution in [2.24, 2.45) is 0 Å². The summed E-state index contributed by atoms with van der Waals surface area (Å²) in [4.78, 5) is 12.4. The number of amides is 1. The summed E-state index contributed by atoms with van der Waals surface area (Å²) in [5.74, 6) is 0.155. The molecule has 0 bridgehead atoms. The summed E-state index contributed by atoms with van der Waals surface area (Å²) in [5, 5.41) is 6.55. The molecule has 1 aliphatic rings. The van der Waals surface area contributed by atoms with Crippen molar-refractivity contribution in [3.63, 3.8) is 0 Å². The van der Waals surface area contributed by atoms with Gasteiger partial charge in [0.15, 0.2) is 5.76 Å². The number of carbonyl (C=O) groups excluding carboxylic acids is 1. The standard InChI is InChI=1S/C17H21N3O5S/c1-2-13-9-15(25-19-13)10-18-17(21)12-4-3-5-16(8-12)26(22,23)20-14-6-7-24-11-14/h3-5,8-9,14,20H,2,6-7,10-11H2,1H3,(H,18,21)/t14-/m1/s1. The molecule has 0 radical (unpaired) electrons. The fraction of sp³-hybridized carbons (Fsp3) is 0.412. The van der Waals surface area contributed by atoms with Gasteiger partial charge in [0.25, 0.3) is 5.91 Å². The quantitative estimate of drug-likeness (QED) is 0.749. The molecule has 26 heavy (non-hydrogen) atoms. The number of rotatable bonds is 7. The molecule has 1 amide bonds. The Balaban J connectivity index is 1.66. The Morgan fingerprint density at radius 3 is 2.88 bits per heavy atom. The van der Waals surface area contributed by atoms with Crippen LogP contribution in [0.3, 0.4) is 0 Å². The minimum Gasteiger partial charge on any atom is -0.380 e. The third-order valence-electron chi connectivity index (χ3n) is 4.05. The number of benzene rings is 1. The van der Waals surface area contributed by atoms with E-state index in [-0.39, 0.29) is 29.0 Å². The Labute approximate surface area is 152 Å². The molecule has 1 aromatic carbocycles. The molecule has 140 valence electrons. The van der Waals surface area contributed by atoms with E-state index in [4.69, 9.17) is 9.26 Å². The maximum atomic E-state index is 12.5. The van der Waals surface area contributed by atoms with Crippen molar-refractivity contribution in [2.45, 2.75) is 37.2 Å². The van der Waals surface area contributed by atoms with Crippen LogP contribution in [0.2, 0.25) is 0 Å². The lowest BCUT2D eigenvalue weighted by Crippen LogP contribution is -2.35. The predicted molar refractivity (Wildman–Crippen MR) is 93.0 cm³/mol. The maximum absolute atomic E-state index is 12.5. The summed E-state index contributed by atoms with van der Waals surface area (Å²) < 4.78 is 37.8. The van der Waals surface area contributed by atoms with E-state index < -0.39 is 10.0 Å². The third kappa shape index (κ3) is 4.48. The molecule has 8 nitrogen and oxygen atoms in total. The average Bonchev–Trinajstić information content (AvgIpc) is 3.31. The first-order valence-electron chi connectivity index (χ1n) is 8.41. The van der Waals surface area contributed by atoms with Gasteiger partial charge in [-0.2, -0.15) is 0 Å². The van der Waals surface area contributed by atoms with Gasteiger partial charge in [-0.05, 0) is 31.0 Å². The lowest BCUT2D eigenvalue weighted by Gasteiger charge is -2.12. The summed E-state index contributed by atoms with van der Waals surface area (Å²) >= 11 is 0. The number of nitrogens with one attached hydrogen (secondary N) is 2. The van der Waals surface area contributed by atoms with Crippen molar-refractivity contribution in [2.75, 3.05) is 13.2 Å². The molecule has 1 saturated heterocycles. The summed E-state index contributed by atoms with van der Waals surface area (Å²) in [7, 11) is -3.71. The van der Waals surface area contributed by atoms with Gasteiger partial charge in [0.1, 0.15) is 0 Å². The smallest absolute Gasteiger partial charge is 0.251 e. The van der Waals surface area contributed by atoms with Crippen LogP contribution < -0.4 is 10.0 Å². The highest BCUT2D eigenvalue weighted by Crippen LogP contribution is 2.15. The molecule has 1 atom stereocenters. The second kappa shape index (κ2) is 7.98. The zero-order valence-electron chi connectivity index (χ0n) is 14.4. The fourth-order valence-electron chi connectivity index (χ4n) is 2.59. The molecule has 1 fully saturated rings. The van der Waals surface area contributed by atoms with Gasteiger partial charge in [-0.3, -0.25) is 4.79 Å². The number of sulfonamides is 1. The van der Waals surface area contributed by atoms with E-state index in [1.165, 1.54) is 18.2 Å². The van der Waals surface area contributed by atoms with Gasteiger partial charge in [0, 0.05) is 24.3 Å². The summed E-state index contributed by atoms with van der Waals surface area (Å²) in [5.41, 5.74) is 1.06. The molecule has 1 aromatic heterocycles. The number of hydrogen-bond donors (Lipinski definition) is 2. The molecule has 1 aliphatic heterocycles. The topological polar surface area (TPSA) is 111 Å². The lowest BCUT2D eigenvalue weighted by atomic mass is 10.2. The molecular weight excluding hydrogens is 358 g/mol. The van der Waals surface area contributed by atoms with E-state index >= 15 is 0 Å². The highest BCUT2D eigenvalue weighted by atomic mass is 32.2. The number of aromatic nitrogens is 1. The Bertz CT molecular complexity index is 872. The van der Waals surface area contributed by atoms with E-state index in [2.05, 4.69) is 15.2 Å². The number of aryl methyl sites for hydroxylation is 1.